The van der Waals surface area contributed by atoms with Gasteiger partial charge in [0.05, 0.1) is 0 Å². The second-order valence-corrected chi connectivity index (χ2v) is 3.10. The highest BCUT2D eigenvalue weighted by atomic mass is 16.6. The van der Waals surface area contributed by atoms with E-state index in [-0.39, 0.29) is 5.97 Å². The van der Waals surface area contributed by atoms with E-state index in [1.165, 1.54) is 25.7 Å². The zero-order chi connectivity index (χ0) is 11.2. The molecule has 3 nitrogen and oxygen atoms in total. The van der Waals surface area contributed by atoms with Crippen LogP contribution in [0.4, 0.5) is 0 Å². The number of ether oxygens (including phenoxy) is 1. The molecular formula is C11H24O3. The third-order valence-electron chi connectivity index (χ3n) is 1.64. The molecule has 0 amide bonds. The molecule has 0 aliphatic rings. The first kappa shape index (κ1) is 15.9. The quantitative estimate of drug-likeness (QED) is 0.411. The van der Waals surface area contributed by atoms with Crippen molar-refractivity contribution in [3.05, 3.63) is 0 Å². The lowest BCUT2D eigenvalue weighted by Gasteiger charge is -1.95. The zero-order valence-corrected chi connectivity index (χ0v) is 9.71. The minimum Gasteiger partial charge on any atom is -0.439 e. The highest BCUT2D eigenvalue weighted by Crippen LogP contribution is 1.95. The Kier molecular flexibility index (Phi) is 16.9. The molecule has 0 saturated heterocycles. The monoisotopic (exact) mass is 204 g/mol. The van der Waals surface area contributed by atoms with Gasteiger partial charge in [0.15, 0.2) is 6.79 Å². The molecule has 0 fully saturated rings. The van der Waals surface area contributed by atoms with Gasteiger partial charge in [0.25, 0.3) is 0 Å². The fourth-order valence-corrected chi connectivity index (χ4v) is 0.848. The van der Waals surface area contributed by atoms with Crippen LogP contribution < -0.4 is 0 Å². The van der Waals surface area contributed by atoms with Crippen LogP contribution in [-0.2, 0) is 9.53 Å². The van der Waals surface area contributed by atoms with Crippen LogP contribution in [-0.4, -0.2) is 17.9 Å². The van der Waals surface area contributed by atoms with Crippen molar-refractivity contribution in [3.8, 4) is 0 Å². The lowest BCUT2D eigenvalue weighted by atomic mass is 10.2. The van der Waals surface area contributed by atoms with Gasteiger partial charge in [-0.25, -0.2) is 0 Å². The van der Waals surface area contributed by atoms with Crippen LogP contribution in [0.25, 0.3) is 0 Å². The van der Waals surface area contributed by atoms with E-state index in [0.717, 1.165) is 6.42 Å². The SMILES string of the molecule is CCCC(=O)OCO.CCCCCC. The van der Waals surface area contributed by atoms with E-state index in [4.69, 9.17) is 5.11 Å². The van der Waals surface area contributed by atoms with Crippen molar-refractivity contribution in [2.24, 2.45) is 0 Å². The van der Waals surface area contributed by atoms with Crippen LogP contribution in [0.3, 0.4) is 0 Å². The minimum absolute atomic E-state index is 0.338. The number of unbranched alkanes of at least 4 members (excludes halogenated alkanes) is 3. The number of esters is 1. The standard InChI is InChI=1S/C6H14.C5H10O3/c1-3-5-6-4-2;1-2-3-5(7)8-4-6/h3-6H2,1-2H3;6H,2-4H2,1H3. The molecule has 0 aromatic heterocycles. The lowest BCUT2D eigenvalue weighted by molar-refractivity contribution is -0.151. The molecule has 3 heteroatoms. The van der Waals surface area contributed by atoms with Gasteiger partial charge in [-0.15, -0.1) is 0 Å². The fraction of sp³-hybridized carbons (Fsp3) is 0.909. The molecule has 0 bridgehead atoms. The first-order chi connectivity index (χ1) is 6.72. The summed E-state index contributed by atoms with van der Waals surface area (Å²) in [4.78, 5) is 10.3. The molecule has 86 valence electrons. The maximum absolute atomic E-state index is 10.3. The maximum Gasteiger partial charge on any atom is 0.307 e. The van der Waals surface area contributed by atoms with Crippen molar-refractivity contribution in [1.82, 2.24) is 0 Å². The van der Waals surface area contributed by atoms with E-state index in [9.17, 15) is 4.79 Å². The molecule has 0 rings (SSSR count). The summed E-state index contributed by atoms with van der Waals surface area (Å²) < 4.78 is 4.20. The number of aliphatic hydroxyl groups is 1. The van der Waals surface area contributed by atoms with E-state index in [0.29, 0.717) is 6.42 Å². The Labute approximate surface area is 87.5 Å². The second kappa shape index (κ2) is 14.9. The minimum atomic E-state index is -0.501. The van der Waals surface area contributed by atoms with E-state index in [1.54, 1.807) is 0 Å². The Bertz CT molecular complexity index is 101. The van der Waals surface area contributed by atoms with Crippen molar-refractivity contribution >= 4 is 5.97 Å². The first-order valence-corrected chi connectivity index (χ1v) is 5.49. The number of carbonyl (C=O) groups is 1. The highest BCUT2D eigenvalue weighted by molar-refractivity contribution is 5.69. The normalized spacial score (nSPS) is 8.86. The third kappa shape index (κ3) is 17.5. The van der Waals surface area contributed by atoms with Gasteiger partial charge in [0.2, 0.25) is 0 Å². The lowest BCUT2D eigenvalue weighted by Crippen LogP contribution is -2.03. The number of rotatable bonds is 6. The summed E-state index contributed by atoms with van der Waals surface area (Å²) in [6, 6.07) is 0. The smallest absolute Gasteiger partial charge is 0.307 e. The summed E-state index contributed by atoms with van der Waals surface area (Å²) in [5.41, 5.74) is 0. The van der Waals surface area contributed by atoms with E-state index >= 15 is 0 Å². The highest BCUT2D eigenvalue weighted by Gasteiger charge is 1.96. The Morgan fingerprint density at radius 3 is 1.86 bits per heavy atom. The molecule has 0 aliphatic carbocycles. The molecule has 0 aromatic rings. The predicted octanol–water partition coefficient (Wildman–Crippen LogP) is 2.87. The van der Waals surface area contributed by atoms with Crippen molar-refractivity contribution in [3.63, 3.8) is 0 Å². The summed E-state index contributed by atoms with van der Waals surface area (Å²) in [6.45, 7) is 5.84. The Balaban J connectivity index is 0. The van der Waals surface area contributed by atoms with Crippen LogP contribution in [0.15, 0.2) is 0 Å². The summed E-state index contributed by atoms with van der Waals surface area (Å²) in [5, 5.41) is 8.02. The average Bonchev–Trinajstić information content (AvgIpc) is 2.16. The molecular weight excluding hydrogens is 180 g/mol. The predicted molar refractivity (Wildman–Crippen MR) is 57.9 cm³/mol. The second-order valence-electron chi connectivity index (χ2n) is 3.10. The summed E-state index contributed by atoms with van der Waals surface area (Å²) in [6.07, 6.45) is 6.69. The van der Waals surface area contributed by atoms with Gasteiger partial charge in [0, 0.05) is 6.42 Å². The van der Waals surface area contributed by atoms with Gasteiger partial charge in [-0.3, -0.25) is 4.79 Å². The topological polar surface area (TPSA) is 46.5 Å². The van der Waals surface area contributed by atoms with Gasteiger partial charge in [-0.1, -0.05) is 46.5 Å². The van der Waals surface area contributed by atoms with E-state index in [2.05, 4.69) is 18.6 Å². The third-order valence-corrected chi connectivity index (χ3v) is 1.64. The van der Waals surface area contributed by atoms with Gasteiger partial charge in [0.1, 0.15) is 0 Å². The van der Waals surface area contributed by atoms with Crippen molar-refractivity contribution in [2.45, 2.75) is 59.3 Å². The molecule has 0 saturated carbocycles. The van der Waals surface area contributed by atoms with Crippen LogP contribution >= 0.6 is 0 Å². The van der Waals surface area contributed by atoms with Crippen LogP contribution in [0.5, 0.6) is 0 Å². The number of aliphatic hydroxyl groups excluding tert-OH is 1. The number of hydrogen-bond acceptors (Lipinski definition) is 3. The van der Waals surface area contributed by atoms with Gasteiger partial charge >= 0.3 is 5.97 Å². The largest absolute Gasteiger partial charge is 0.439 e. The molecule has 0 unspecified atom stereocenters. The van der Waals surface area contributed by atoms with Crippen LogP contribution in [0.1, 0.15) is 59.3 Å². The molecule has 0 aliphatic heterocycles. The van der Waals surface area contributed by atoms with E-state index in [1.807, 2.05) is 6.92 Å². The first-order valence-electron chi connectivity index (χ1n) is 5.49. The van der Waals surface area contributed by atoms with Gasteiger partial charge < -0.3 is 9.84 Å². The number of carbonyl (C=O) groups excluding carboxylic acids is 1. The molecule has 14 heavy (non-hydrogen) atoms. The number of hydrogen-bond donors (Lipinski definition) is 1. The fourth-order valence-electron chi connectivity index (χ4n) is 0.848. The van der Waals surface area contributed by atoms with Crippen molar-refractivity contribution in [1.29, 1.82) is 0 Å². The van der Waals surface area contributed by atoms with Gasteiger partial charge in [-0.05, 0) is 6.42 Å². The Morgan fingerprint density at radius 1 is 1.07 bits per heavy atom. The molecule has 0 heterocycles. The molecule has 1 N–H and O–H groups in total. The van der Waals surface area contributed by atoms with Crippen LogP contribution in [0.2, 0.25) is 0 Å². The van der Waals surface area contributed by atoms with Crippen molar-refractivity contribution in [2.75, 3.05) is 6.79 Å². The zero-order valence-electron chi connectivity index (χ0n) is 9.71. The van der Waals surface area contributed by atoms with Gasteiger partial charge in [-0.2, -0.15) is 0 Å². The average molecular weight is 204 g/mol. The summed E-state index contributed by atoms with van der Waals surface area (Å²) in [7, 11) is 0. The van der Waals surface area contributed by atoms with E-state index < -0.39 is 6.79 Å². The molecule has 0 aromatic carbocycles. The molecule has 0 spiro atoms. The Morgan fingerprint density at radius 2 is 1.57 bits per heavy atom. The van der Waals surface area contributed by atoms with Crippen LogP contribution in [0, 0.1) is 0 Å². The molecule has 0 atom stereocenters. The molecule has 0 radical (unpaired) electrons. The maximum atomic E-state index is 10.3. The summed E-state index contributed by atoms with van der Waals surface area (Å²) >= 11 is 0. The van der Waals surface area contributed by atoms with Crippen molar-refractivity contribution < 1.29 is 14.6 Å². The summed E-state index contributed by atoms with van der Waals surface area (Å²) in [5.74, 6) is -0.338. The Hall–Kier alpha value is -0.570.